The van der Waals surface area contributed by atoms with E-state index in [0.29, 0.717) is 23.5 Å². The van der Waals surface area contributed by atoms with Crippen molar-refractivity contribution in [3.8, 4) is 11.5 Å². The summed E-state index contributed by atoms with van der Waals surface area (Å²) < 4.78 is 10.8. The number of benzene rings is 1. The summed E-state index contributed by atoms with van der Waals surface area (Å²) in [6.45, 7) is 6.61. The van der Waals surface area contributed by atoms with Gasteiger partial charge in [0.15, 0.2) is 11.5 Å². The molecule has 1 fully saturated rings. The van der Waals surface area contributed by atoms with Crippen molar-refractivity contribution in [1.82, 2.24) is 0 Å². The van der Waals surface area contributed by atoms with Gasteiger partial charge >= 0.3 is 5.97 Å². The van der Waals surface area contributed by atoms with Crippen LogP contribution >= 0.6 is 0 Å². The Morgan fingerprint density at radius 2 is 2.08 bits per heavy atom. The maximum absolute atomic E-state index is 12.2. The average Bonchev–Trinajstić information content (AvgIpc) is 2.53. The van der Waals surface area contributed by atoms with Gasteiger partial charge < -0.3 is 14.6 Å². The van der Waals surface area contributed by atoms with E-state index in [4.69, 9.17) is 9.47 Å². The van der Waals surface area contributed by atoms with Crippen LogP contribution in [0.1, 0.15) is 45.6 Å². The Morgan fingerprint density at radius 1 is 1.33 bits per heavy atom. The first-order valence-corrected chi connectivity index (χ1v) is 8.66. The van der Waals surface area contributed by atoms with Crippen molar-refractivity contribution >= 4 is 12.0 Å². The van der Waals surface area contributed by atoms with Crippen LogP contribution < -0.4 is 4.74 Å². The second kappa shape index (κ2) is 8.22. The molecule has 3 unspecified atom stereocenters. The number of phenolic OH excluding ortho intramolecular Hbond substituents is 1. The summed E-state index contributed by atoms with van der Waals surface area (Å²) in [5.41, 5.74) is 0.777. The van der Waals surface area contributed by atoms with Crippen LogP contribution in [-0.2, 0) is 9.53 Å². The third kappa shape index (κ3) is 4.76. The molecule has 0 bridgehead atoms. The van der Waals surface area contributed by atoms with Crippen LogP contribution in [0.4, 0.5) is 0 Å². The highest BCUT2D eigenvalue weighted by atomic mass is 16.5. The summed E-state index contributed by atoms with van der Waals surface area (Å²) >= 11 is 0. The van der Waals surface area contributed by atoms with E-state index in [2.05, 4.69) is 20.8 Å². The fourth-order valence-corrected chi connectivity index (χ4v) is 3.40. The van der Waals surface area contributed by atoms with E-state index in [1.54, 1.807) is 24.3 Å². The lowest BCUT2D eigenvalue weighted by Gasteiger charge is -2.36. The number of methoxy groups -OCH3 is 1. The zero-order valence-corrected chi connectivity index (χ0v) is 15.0. The number of rotatable bonds is 5. The molecule has 1 saturated carbocycles. The quantitative estimate of drug-likeness (QED) is 0.640. The lowest BCUT2D eigenvalue weighted by molar-refractivity contribution is -0.149. The Bertz CT molecular complexity index is 591. The predicted molar refractivity (Wildman–Crippen MR) is 94.9 cm³/mol. The summed E-state index contributed by atoms with van der Waals surface area (Å²) in [7, 11) is 1.49. The second-order valence-corrected chi connectivity index (χ2v) is 7.07. The minimum atomic E-state index is -0.313. The summed E-state index contributed by atoms with van der Waals surface area (Å²) in [6, 6.07) is 4.95. The Morgan fingerprint density at radius 3 is 2.75 bits per heavy atom. The van der Waals surface area contributed by atoms with Crippen LogP contribution in [0, 0.1) is 17.8 Å². The largest absolute Gasteiger partial charge is 0.504 e. The molecule has 0 amide bonds. The van der Waals surface area contributed by atoms with Gasteiger partial charge in [0.1, 0.15) is 6.10 Å². The van der Waals surface area contributed by atoms with E-state index in [0.717, 1.165) is 18.4 Å². The Labute approximate surface area is 144 Å². The van der Waals surface area contributed by atoms with E-state index in [1.807, 2.05) is 0 Å². The highest BCUT2D eigenvalue weighted by Gasteiger charge is 2.32. The molecule has 0 heterocycles. The van der Waals surface area contributed by atoms with E-state index >= 15 is 0 Å². The zero-order valence-electron chi connectivity index (χ0n) is 15.0. The molecule has 3 atom stereocenters. The number of esters is 1. The second-order valence-electron chi connectivity index (χ2n) is 7.07. The van der Waals surface area contributed by atoms with Crippen molar-refractivity contribution in [2.24, 2.45) is 17.8 Å². The summed E-state index contributed by atoms with van der Waals surface area (Å²) in [4.78, 5) is 12.2. The van der Waals surface area contributed by atoms with Gasteiger partial charge in [0, 0.05) is 6.08 Å². The van der Waals surface area contributed by atoms with Crippen molar-refractivity contribution in [2.45, 2.75) is 46.1 Å². The number of carbonyl (C=O) groups excluding carboxylic acids is 1. The standard InChI is InChI=1S/C20H28O4/c1-13(2)16-8-5-14(3)11-18(16)24-20(22)10-7-15-6-9-17(21)19(12-15)23-4/h6-7,9-10,12-14,16,18,21H,5,8,11H2,1-4H3. The molecule has 0 radical (unpaired) electrons. The highest BCUT2D eigenvalue weighted by Crippen LogP contribution is 2.35. The van der Waals surface area contributed by atoms with E-state index in [9.17, 15) is 9.90 Å². The first-order valence-electron chi connectivity index (χ1n) is 8.66. The average molecular weight is 332 g/mol. The first kappa shape index (κ1) is 18.4. The number of hydrogen-bond donors (Lipinski definition) is 1. The van der Waals surface area contributed by atoms with Gasteiger partial charge in [-0.2, -0.15) is 0 Å². The van der Waals surface area contributed by atoms with Crippen molar-refractivity contribution in [2.75, 3.05) is 7.11 Å². The maximum Gasteiger partial charge on any atom is 0.331 e. The molecule has 132 valence electrons. The van der Waals surface area contributed by atoms with Crippen molar-refractivity contribution in [1.29, 1.82) is 0 Å². The number of hydrogen-bond acceptors (Lipinski definition) is 4. The summed E-state index contributed by atoms with van der Waals surface area (Å²) in [5, 5.41) is 9.59. The van der Waals surface area contributed by atoms with Crippen LogP contribution in [-0.4, -0.2) is 24.3 Å². The number of carbonyl (C=O) groups is 1. The van der Waals surface area contributed by atoms with Gasteiger partial charge in [-0.3, -0.25) is 0 Å². The topological polar surface area (TPSA) is 55.8 Å². The minimum Gasteiger partial charge on any atom is -0.504 e. The number of ether oxygens (including phenoxy) is 2. The van der Waals surface area contributed by atoms with Gasteiger partial charge in [-0.15, -0.1) is 0 Å². The monoisotopic (exact) mass is 332 g/mol. The van der Waals surface area contributed by atoms with Gasteiger partial charge in [-0.25, -0.2) is 4.79 Å². The summed E-state index contributed by atoms with van der Waals surface area (Å²) in [6.07, 6.45) is 6.40. The smallest absolute Gasteiger partial charge is 0.331 e. The van der Waals surface area contributed by atoms with Crippen LogP contribution in [0.2, 0.25) is 0 Å². The molecule has 1 aliphatic rings. The Hall–Kier alpha value is -1.97. The SMILES string of the molecule is COc1cc(C=CC(=O)OC2CC(C)CCC2C(C)C)ccc1O. The van der Waals surface area contributed by atoms with Gasteiger partial charge in [0.05, 0.1) is 7.11 Å². The molecular formula is C20H28O4. The lowest BCUT2D eigenvalue weighted by Crippen LogP contribution is -2.35. The maximum atomic E-state index is 12.2. The molecule has 0 spiro atoms. The first-order chi connectivity index (χ1) is 11.4. The molecule has 1 aliphatic carbocycles. The zero-order chi connectivity index (χ0) is 17.7. The molecule has 4 heteroatoms. The molecule has 2 rings (SSSR count). The van der Waals surface area contributed by atoms with E-state index in [-0.39, 0.29) is 17.8 Å². The molecule has 0 saturated heterocycles. The molecule has 1 N–H and O–H groups in total. The Kier molecular flexibility index (Phi) is 6.29. The molecule has 0 aromatic heterocycles. The van der Waals surface area contributed by atoms with E-state index in [1.165, 1.54) is 19.6 Å². The van der Waals surface area contributed by atoms with Gasteiger partial charge in [-0.05, 0) is 54.4 Å². The van der Waals surface area contributed by atoms with E-state index < -0.39 is 0 Å². The van der Waals surface area contributed by atoms with Gasteiger partial charge in [0.2, 0.25) is 0 Å². The van der Waals surface area contributed by atoms with Crippen LogP contribution in [0.3, 0.4) is 0 Å². The molecule has 1 aromatic rings. The van der Waals surface area contributed by atoms with Crippen molar-refractivity contribution in [3.63, 3.8) is 0 Å². The fourth-order valence-electron chi connectivity index (χ4n) is 3.40. The van der Waals surface area contributed by atoms with Crippen LogP contribution in [0.25, 0.3) is 6.08 Å². The molecule has 1 aromatic carbocycles. The molecule has 24 heavy (non-hydrogen) atoms. The fraction of sp³-hybridized carbons (Fsp3) is 0.550. The van der Waals surface area contributed by atoms with Crippen molar-refractivity contribution < 1.29 is 19.4 Å². The molecule has 4 nitrogen and oxygen atoms in total. The van der Waals surface area contributed by atoms with Crippen molar-refractivity contribution in [3.05, 3.63) is 29.8 Å². The highest BCUT2D eigenvalue weighted by molar-refractivity contribution is 5.87. The number of phenols is 1. The Balaban J connectivity index is 2.01. The minimum absolute atomic E-state index is 0.000235. The third-order valence-corrected chi connectivity index (χ3v) is 4.84. The lowest BCUT2D eigenvalue weighted by atomic mass is 9.75. The third-order valence-electron chi connectivity index (χ3n) is 4.84. The van der Waals surface area contributed by atoms with Gasteiger partial charge in [-0.1, -0.05) is 33.3 Å². The molecular weight excluding hydrogens is 304 g/mol. The molecule has 0 aliphatic heterocycles. The predicted octanol–water partition coefficient (Wildman–Crippen LogP) is 4.42. The number of aromatic hydroxyl groups is 1. The normalized spacial score (nSPS) is 24.3. The van der Waals surface area contributed by atoms with Gasteiger partial charge in [0.25, 0.3) is 0 Å². The van der Waals surface area contributed by atoms with Crippen LogP contribution in [0.15, 0.2) is 24.3 Å². The summed E-state index contributed by atoms with van der Waals surface area (Å²) in [5.74, 6) is 1.70. The van der Waals surface area contributed by atoms with Crippen LogP contribution in [0.5, 0.6) is 11.5 Å².